The van der Waals surface area contributed by atoms with E-state index in [-0.39, 0.29) is 17.9 Å². The molecule has 0 saturated heterocycles. The highest BCUT2D eigenvalue weighted by Crippen LogP contribution is 2.37. The van der Waals surface area contributed by atoms with Crippen molar-refractivity contribution in [3.63, 3.8) is 0 Å². The molecule has 0 radical (unpaired) electrons. The maximum atomic E-state index is 13.6. The van der Waals surface area contributed by atoms with Crippen LogP contribution >= 0.6 is 0 Å². The van der Waals surface area contributed by atoms with Gasteiger partial charge in [0.2, 0.25) is 5.95 Å². The van der Waals surface area contributed by atoms with E-state index in [4.69, 9.17) is 9.47 Å². The van der Waals surface area contributed by atoms with Crippen LogP contribution < -0.4 is 20.1 Å². The quantitative estimate of drug-likeness (QED) is 0.341. The molecule has 0 spiro atoms. The Morgan fingerprint density at radius 3 is 2.39 bits per heavy atom. The van der Waals surface area contributed by atoms with Gasteiger partial charge in [-0.3, -0.25) is 0 Å². The number of hydrogen-bond donors (Lipinski definition) is 2. The fraction of sp³-hybridized carbons (Fsp3) is 0.333. The third-order valence-electron chi connectivity index (χ3n) is 4.72. The first-order valence-electron chi connectivity index (χ1n) is 10.8. The van der Waals surface area contributed by atoms with Gasteiger partial charge >= 0.3 is 6.18 Å². The zero-order valence-electron chi connectivity index (χ0n) is 18.7. The largest absolute Gasteiger partial charge is 0.491 e. The zero-order valence-corrected chi connectivity index (χ0v) is 18.7. The molecule has 1 heterocycles. The molecule has 0 bridgehead atoms. The number of hydrogen-bond acceptors (Lipinski definition) is 6. The molecule has 0 aliphatic heterocycles. The van der Waals surface area contributed by atoms with E-state index >= 15 is 0 Å². The summed E-state index contributed by atoms with van der Waals surface area (Å²) in [7, 11) is 0. The van der Waals surface area contributed by atoms with Crippen molar-refractivity contribution in [1.29, 1.82) is 0 Å². The van der Waals surface area contributed by atoms with Crippen molar-refractivity contribution in [1.82, 2.24) is 9.97 Å². The second-order valence-electron chi connectivity index (χ2n) is 7.41. The number of para-hydroxylation sites is 2. The van der Waals surface area contributed by atoms with Gasteiger partial charge in [0.05, 0.1) is 18.4 Å². The third kappa shape index (κ3) is 6.74. The highest BCUT2D eigenvalue weighted by atomic mass is 19.4. The fourth-order valence-corrected chi connectivity index (χ4v) is 2.84. The number of aromatic nitrogens is 2. The maximum Gasteiger partial charge on any atom is 0.421 e. The average Bonchev–Trinajstić information content (AvgIpc) is 2.79. The van der Waals surface area contributed by atoms with E-state index in [2.05, 4.69) is 20.6 Å². The summed E-state index contributed by atoms with van der Waals surface area (Å²) in [6.07, 6.45) is -2.14. The smallest absolute Gasteiger partial charge is 0.421 e. The van der Waals surface area contributed by atoms with Crippen molar-refractivity contribution in [3.8, 4) is 11.5 Å². The summed E-state index contributed by atoms with van der Waals surface area (Å²) in [5.41, 5.74) is 0.0205. The standard InChI is InChI=1S/C24H27F3N4O2/c1-4-14-32-21-9-7-6-8-20(21)30-22-19(24(25,26)27)15-28-23(31-22)29-17-10-12-18(13-11-17)33-16(3)5-2/h6-13,15-16H,4-5,14H2,1-3H3,(H2,28,29,30,31). The van der Waals surface area contributed by atoms with Gasteiger partial charge in [0.15, 0.2) is 0 Å². The first-order chi connectivity index (χ1) is 15.8. The number of ether oxygens (including phenoxy) is 2. The van der Waals surface area contributed by atoms with Crippen molar-refractivity contribution in [2.45, 2.75) is 45.9 Å². The Labute approximate surface area is 191 Å². The van der Waals surface area contributed by atoms with Gasteiger partial charge in [-0.05, 0) is 56.2 Å². The third-order valence-corrected chi connectivity index (χ3v) is 4.72. The number of alkyl halides is 3. The Bertz CT molecular complexity index is 1040. The molecule has 33 heavy (non-hydrogen) atoms. The average molecular weight is 461 g/mol. The predicted octanol–water partition coefficient (Wildman–Crippen LogP) is 6.95. The summed E-state index contributed by atoms with van der Waals surface area (Å²) in [4.78, 5) is 7.95. The molecule has 1 atom stereocenters. The summed E-state index contributed by atoms with van der Waals surface area (Å²) < 4.78 is 52.2. The molecule has 0 aliphatic rings. The Morgan fingerprint density at radius 1 is 1.00 bits per heavy atom. The number of halogens is 3. The van der Waals surface area contributed by atoms with Gasteiger partial charge in [0, 0.05) is 11.9 Å². The minimum atomic E-state index is -4.63. The molecule has 6 nitrogen and oxygen atoms in total. The van der Waals surface area contributed by atoms with Crippen molar-refractivity contribution >= 4 is 23.1 Å². The van der Waals surface area contributed by atoms with Crippen LogP contribution in [0.2, 0.25) is 0 Å². The van der Waals surface area contributed by atoms with Crippen molar-refractivity contribution < 1.29 is 22.6 Å². The van der Waals surface area contributed by atoms with Gasteiger partial charge in [-0.1, -0.05) is 26.0 Å². The van der Waals surface area contributed by atoms with Gasteiger partial charge in [0.25, 0.3) is 0 Å². The minimum Gasteiger partial charge on any atom is -0.491 e. The molecule has 176 valence electrons. The lowest BCUT2D eigenvalue weighted by Gasteiger charge is -2.17. The molecule has 2 N–H and O–H groups in total. The summed E-state index contributed by atoms with van der Waals surface area (Å²) in [6, 6.07) is 13.8. The molecule has 9 heteroatoms. The number of nitrogens with one attached hydrogen (secondary N) is 2. The number of rotatable bonds is 10. The molecule has 3 aromatic rings. The van der Waals surface area contributed by atoms with E-state index in [1.165, 1.54) is 0 Å². The van der Waals surface area contributed by atoms with E-state index in [0.29, 0.717) is 29.5 Å². The molecule has 1 unspecified atom stereocenters. The minimum absolute atomic E-state index is 0.0213. The highest BCUT2D eigenvalue weighted by Gasteiger charge is 2.35. The lowest BCUT2D eigenvalue weighted by molar-refractivity contribution is -0.137. The molecular formula is C24H27F3N4O2. The van der Waals surface area contributed by atoms with Crippen molar-refractivity contribution in [2.75, 3.05) is 17.2 Å². The zero-order chi connectivity index (χ0) is 23.8. The van der Waals surface area contributed by atoms with E-state index in [9.17, 15) is 13.2 Å². The first kappa shape index (κ1) is 24.2. The van der Waals surface area contributed by atoms with Crippen LogP contribution in [0.3, 0.4) is 0 Å². The van der Waals surface area contributed by atoms with E-state index in [0.717, 1.165) is 19.0 Å². The van der Waals surface area contributed by atoms with E-state index in [1.54, 1.807) is 48.5 Å². The molecule has 2 aromatic carbocycles. The lowest BCUT2D eigenvalue weighted by Crippen LogP contribution is -2.13. The predicted molar refractivity (Wildman–Crippen MR) is 123 cm³/mol. The Hall–Kier alpha value is -3.49. The molecule has 0 fully saturated rings. The van der Waals surface area contributed by atoms with Crippen LogP contribution in [-0.2, 0) is 6.18 Å². The maximum absolute atomic E-state index is 13.6. The molecule has 1 aromatic heterocycles. The summed E-state index contributed by atoms with van der Waals surface area (Å²) in [5.74, 6) is 0.795. The molecule has 0 saturated carbocycles. The van der Waals surface area contributed by atoms with Gasteiger partial charge in [0.1, 0.15) is 22.9 Å². The van der Waals surface area contributed by atoms with E-state index < -0.39 is 11.7 Å². The SMILES string of the molecule is CCCOc1ccccc1Nc1nc(Nc2ccc(OC(C)CC)cc2)ncc1C(F)(F)F. The van der Waals surface area contributed by atoms with Crippen LogP contribution in [-0.4, -0.2) is 22.7 Å². The van der Waals surface area contributed by atoms with Gasteiger partial charge < -0.3 is 20.1 Å². The topological polar surface area (TPSA) is 68.3 Å². The Kier molecular flexibility index (Phi) is 7.97. The fourth-order valence-electron chi connectivity index (χ4n) is 2.84. The Balaban J connectivity index is 1.85. The normalized spacial score (nSPS) is 12.2. The van der Waals surface area contributed by atoms with Crippen LogP contribution in [0.4, 0.5) is 36.3 Å². The monoisotopic (exact) mass is 460 g/mol. The summed E-state index contributed by atoms with van der Waals surface area (Å²) >= 11 is 0. The Morgan fingerprint density at radius 2 is 1.73 bits per heavy atom. The van der Waals surface area contributed by atoms with Crippen LogP contribution in [0, 0.1) is 0 Å². The van der Waals surface area contributed by atoms with Gasteiger partial charge in [-0.2, -0.15) is 18.2 Å². The highest BCUT2D eigenvalue weighted by molar-refractivity contribution is 5.67. The van der Waals surface area contributed by atoms with Crippen molar-refractivity contribution in [2.24, 2.45) is 0 Å². The van der Waals surface area contributed by atoms with Crippen LogP contribution in [0.5, 0.6) is 11.5 Å². The number of benzene rings is 2. The first-order valence-corrected chi connectivity index (χ1v) is 10.8. The van der Waals surface area contributed by atoms with Crippen LogP contribution in [0.1, 0.15) is 39.2 Å². The summed E-state index contributed by atoms with van der Waals surface area (Å²) in [5, 5.41) is 5.70. The van der Waals surface area contributed by atoms with Crippen LogP contribution in [0.25, 0.3) is 0 Å². The van der Waals surface area contributed by atoms with Gasteiger partial charge in [-0.25, -0.2) is 4.98 Å². The van der Waals surface area contributed by atoms with Gasteiger partial charge in [-0.15, -0.1) is 0 Å². The number of anilines is 4. The molecule has 0 amide bonds. The summed E-state index contributed by atoms with van der Waals surface area (Å²) in [6.45, 7) is 6.39. The second kappa shape index (κ2) is 10.9. The molecular weight excluding hydrogens is 433 g/mol. The lowest BCUT2D eigenvalue weighted by atomic mass is 10.2. The second-order valence-corrected chi connectivity index (χ2v) is 7.41. The van der Waals surface area contributed by atoms with Crippen molar-refractivity contribution in [3.05, 3.63) is 60.3 Å². The molecule has 0 aliphatic carbocycles. The molecule has 3 rings (SSSR count). The van der Waals surface area contributed by atoms with E-state index in [1.807, 2.05) is 20.8 Å². The number of nitrogens with zero attached hydrogens (tertiary/aromatic N) is 2. The van der Waals surface area contributed by atoms with Crippen LogP contribution in [0.15, 0.2) is 54.7 Å².